The lowest BCUT2D eigenvalue weighted by atomic mass is 9.51. The Hall–Kier alpha value is -1.83. The molecule has 6 rings (SSSR count). The highest BCUT2D eigenvalue weighted by Gasteiger charge is 2.64. The van der Waals surface area contributed by atoms with Crippen LogP contribution in [0.5, 0.6) is 0 Å². The van der Waals surface area contributed by atoms with Gasteiger partial charge in [-0.15, -0.1) is 0 Å². The maximum Gasteiger partial charge on any atom is 0.408 e. The standard InChI is InChI=1S/C23H35N3O5/c1-21(2,3)31-20(29)25-17(19(28)26-15-5-14(15)6-16(26)18(24)27)22-7-12-4-13(8-22)10-23(30,9-12)11-22/h12-17,30H,4-11H2,1-3H3,(H2,24,27)(H,25,29)/t12-,13+,14-,15-,16-,17+,22?,23?/m0/s1/i17+2,19+2. The van der Waals surface area contributed by atoms with Crippen LogP contribution in [0.15, 0.2) is 0 Å². The zero-order chi connectivity index (χ0) is 22.3. The van der Waals surface area contributed by atoms with Gasteiger partial charge in [0.2, 0.25) is 11.8 Å². The Balaban J connectivity index is 1.47. The Kier molecular flexibility index (Phi) is 4.47. The van der Waals surface area contributed by atoms with Gasteiger partial charge in [-0.2, -0.15) is 0 Å². The number of likely N-dealkylation sites (tertiary alicyclic amines) is 1. The fourth-order valence-electron chi connectivity index (χ4n) is 7.70. The summed E-state index contributed by atoms with van der Waals surface area (Å²) in [5, 5.41) is 14.1. The molecule has 6 fully saturated rings. The van der Waals surface area contributed by atoms with Crippen molar-refractivity contribution in [2.45, 2.75) is 101 Å². The molecule has 4 bridgehead atoms. The van der Waals surface area contributed by atoms with Crippen LogP contribution in [0, 0.1) is 23.2 Å². The quantitative estimate of drug-likeness (QED) is 0.618. The zero-order valence-electron chi connectivity index (χ0n) is 18.7. The van der Waals surface area contributed by atoms with Gasteiger partial charge in [-0.1, -0.05) is 0 Å². The number of amides is 3. The van der Waals surface area contributed by atoms with Gasteiger partial charge in [-0.05, 0) is 89.9 Å². The van der Waals surface area contributed by atoms with Crippen LogP contribution in [-0.2, 0) is 14.3 Å². The number of alkyl carbamates (subject to hydrolysis) is 1. The van der Waals surface area contributed by atoms with E-state index in [1.165, 1.54) is 0 Å². The van der Waals surface area contributed by atoms with Gasteiger partial charge in [0.15, 0.2) is 0 Å². The molecule has 1 aliphatic heterocycles. The topological polar surface area (TPSA) is 122 Å². The van der Waals surface area contributed by atoms with Gasteiger partial charge in [0.05, 0.1) is 5.60 Å². The van der Waals surface area contributed by atoms with E-state index in [-0.39, 0.29) is 11.9 Å². The van der Waals surface area contributed by atoms with E-state index < -0.39 is 40.7 Å². The maximum atomic E-state index is 14.0. The molecule has 172 valence electrons. The molecule has 1 saturated heterocycles. The van der Waals surface area contributed by atoms with E-state index in [0.29, 0.717) is 30.6 Å². The van der Waals surface area contributed by atoms with Crippen molar-refractivity contribution in [3.63, 3.8) is 0 Å². The first-order valence-corrected chi connectivity index (χ1v) is 11.7. The van der Waals surface area contributed by atoms with Crippen molar-refractivity contribution in [3.8, 4) is 0 Å². The molecule has 5 saturated carbocycles. The monoisotopic (exact) mass is 437 g/mol. The second-order valence-electron chi connectivity index (χ2n) is 12.1. The fourth-order valence-corrected chi connectivity index (χ4v) is 7.70. The summed E-state index contributed by atoms with van der Waals surface area (Å²) in [5.41, 5.74) is 3.66. The lowest BCUT2D eigenvalue weighted by molar-refractivity contribution is -0.181. The molecule has 1 heterocycles. The molecule has 0 aromatic rings. The van der Waals surface area contributed by atoms with Crippen LogP contribution in [0.4, 0.5) is 4.79 Å². The summed E-state index contributed by atoms with van der Waals surface area (Å²) < 4.78 is 5.51. The number of nitrogens with one attached hydrogen (secondary N) is 1. The van der Waals surface area contributed by atoms with Crippen molar-refractivity contribution in [1.82, 2.24) is 10.2 Å². The summed E-state index contributed by atoms with van der Waals surface area (Å²) in [5.74, 6) is 0.331. The number of hydrogen-bond donors (Lipinski definition) is 3. The molecule has 6 aliphatic rings. The average Bonchev–Trinajstić information content (AvgIpc) is 3.25. The number of carbonyl (C=O) groups is 3. The summed E-state index contributed by atoms with van der Waals surface area (Å²) >= 11 is 0. The largest absolute Gasteiger partial charge is 0.444 e. The molecule has 4 N–H and O–H groups in total. The molecule has 3 amide bonds. The molecule has 0 aromatic carbocycles. The highest BCUT2D eigenvalue weighted by atomic mass is 16.6. The summed E-state index contributed by atoms with van der Waals surface area (Å²) in [4.78, 5) is 40.5. The third kappa shape index (κ3) is 3.60. The van der Waals surface area contributed by atoms with Crippen LogP contribution in [0.3, 0.4) is 0 Å². The summed E-state index contributed by atoms with van der Waals surface area (Å²) in [6.45, 7) is 5.36. The number of primary amides is 1. The molecule has 2 unspecified atom stereocenters. The number of carbonyl (C=O) groups excluding carboxylic acids is 3. The smallest absolute Gasteiger partial charge is 0.408 e. The first kappa shape index (κ1) is 21.0. The minimum atomic E-state index is -0.819. The lowest BCUT2D eigenvalue weighted by Gasteiger charge is -2.62. The molecule has 31 heavy (non-hydrogen) atoms. The fraction of sp³-hybridized carbons (Fsp3) is 0.870. The number of aliphatic hydroxyl groups is 1. The van der Waals surface area contributed by atoms with Gasteiger partial charge in [-0.25, -0.2) is 4.79 Å². The molecular weight excluding hydrogens is 402 g/mol. The molecule has 8 heteroatoms. The zero-order valence-corrected chi connectivity index (χ0v) is 18.7. The van der Waals surface area contributed by atoms with Crippen molar-refractivity contribution in [2.24, 2.45) is 28.9 Å². The third-order valence-electron chi connectivity index (χ3n) is 8.28. The number of fused-ring (bicyclic) bond motifs is 1. The van der Waals surface area contributed by atoms with Crippen LogP contribution in [0.1, 0.15) is 72.1 Å². The predicted octanol–water partition coefficient (Wildman–Crippen LogP) is 1.69. The van der Waals surface area contributed by atoms with E-state index in [1.54, 1.807) is 25.7 Å². The van der Waals surface area contributed by atoms with Crippen molar-refractivity contribution in [3.05, 3.63) is 0 Å². The molecule has 8 atom stereocenters. The number of nitrogens with two attached hydrogens (primary N) is 1. The van der Waals surface area contributed by atoms with Gasteiger partial charge in [0, 0.05) is 11.5 Å². The van der Waals surface area contributed by atoms with Gasteiger partial charge in [0.1, 0.15) is 17.7 Å². The Morgan fingerprint density at radius 1 is 1.16 bits per heavy atom. The van der Waals surface area contributed by atoms with E-state index in [9.17, 15) is 19.5 Å². The van der Waals surface area contributed by atoms with E-state index in [1.807, 2.05) is 0 Å². The van der Waals surface area contributed by atoms with Crippen molar-refractivity contribution < 1.29 is 24.2 Å². The Labute approximate surface area is 183 Å². The minimum Gasteiger partial charge on any atom is -0.444 e. The second-order valence-corrected chi connectivity index (χ2v) is 12.1. The van der Waals surface area contributed by atoms with Gasteiger partial charge >= 0.3 is 6.09 Å². The minimum absolute atomic E-state index is 0.0323. The van der Waals surface area contributed by atoms with Gasteiger partial charge in [0.25, 0.3) is 0 Å². The number of nitrogens with zero attached hydrogens (tertiary/aromatic N) is 1. The van der Waals surface area contributed by atoms with Crippen molar-refractivity contribution >= 4 is 17.9 Å². The summed E-state index contributed by atoms with van der Waals surface area (Å²) in [7, 11) is 0. The molecular formula is C23H35N3O5. The molecule has 0 aromatic heterocycles. The maximum absolute atomic E-state index is 14.0. The van der Waals surface area contributed by atoms with Crippen LogP contribution in [0.2, 0.25) is 0 Å². The summed E-state index contributed by atoms with van der Waals surface area (Å²) in [6, 6.07) is -1.40. The predicted molar refractivity (Wildman–Crippen MR) is 112 cm³/mol. The van der Waals surface area contributed by atoms with E-state index in [2.05, 4.69) is 5.32 Å². The van der Waals surface area contributed by atoms with Crippen molar-refractivity contribution in [2.75, 3.05) is 0 Å². The first-order chi connectivity index (χ1) is 14.4. The highest BCUT2D eigenvalue weighted by Crippen LogP contribution is 2.63. The molecule has 0 spiro atoms. The molecule has 8 nitrogen and oxygen atoms in total. The van der Waals surface area contributed by atoms with E-state index in [0.717, 1.165) is 38.5 Å². The summed E-state index contributed by atoms with van der Waals surface area (Å²) in [6.07, 6.45) is 5.61. The third-order valence-corrected chi connectivity index (χ3v) is 8.28. The van der Waals surface area contributed by atoms with Crippen molar-refractivity contribution in [1.29, 1.82) is 0 Å². The Bertz CT molecular complexity index is 807. The Morgan fingerprint density at radius 2 is 1.81 bits per heavy atom. The lowest BCUT2D eigenvalue weighted by Crippen LogP contribution is -2.67. The average molecular weight is 438 g/mol. The number of hydrogen-bond acceptors (Lipinski definition) is 5. The van der Waals surface area contributed by atoms with Crippen LogP contribution in [-0.4, -0.2) is 57.2 Å². The Morgan fingerprint density at radius 3 is 2.35 bits per heavy atom. The normalized spacial score (nSPS) is 43.4. The van der Waals surface area contributed by atoms with E-state index >= 15 is 0 Å². The molecule has 0 radical (unpaired) electrons. The van der Waals surface area contributed by atoms with Gasteiger partial charge < -0.3 is 25.8 Å². The number of piperidine rings is 1. The number of ether oxygens (including phenoxy) is 1. The highest BCUT2D eigenvalue weighted by molar-refractivity contribution is 5.92. The SMILES string of the molecule is CC(C)(C)OC(=O)N[14C@H]([14C](=O)N1[C@H](C(N)=O)C[C@@H]2C[C@@H]21)C12C[C@@H]3C[C@@H](CC(O)(C3)C1)C2. The van der Waals surface area contributed by atoms with Crippen LogP contribution >= 0.6 is 0 Å². The first-order valence-electron chi connectivity index (χ1n) is 11.7. The number of rotatable bonds is 4. The van der Waals surface area contributed by atoms with E-state index in [4.69, 9.17) is 10.5 Å². The molecule has 5 aliphatic carbocycles. The van der Waals surface area contributed by atoms with Gasteiger partial charge in [-0.3, -0.25) is 9.59 Å². The van der Waals surface area contributed by atoms with Crippen LogP contribution < -0.4 is 11.1 Å². The van der Waals surface area contributed by atoms with Crippen LogP contribution in [0.25, 0.3) is 0 Å². The second kappa shape index (κ2) is 6.59.